The minimum atomic E-state index is -0.502. The van der Waals surface area contributed by atoms with Gasteiger partial charge in [0.25, 0.3) is 5.91 Å². The molecule has 32 heavy (non-hydrogen) atoms. The van der Waals surface area contributed by atoms with Crippen LogP contribution in [-0.2, 0) is 25.5 Å². The Kier molecular flexibility index (Phi) is 10.4. The third-order valence-corrected chi connectivity index (χ3v) is 4.56. The summed E-state index contributed by atoms with van der Waals surface area (Å²) < 4.78 is 10.5. The largest absolute Gasteiger partial charge is 0.483 e. The average Bonchev–Trinajstić information content (AvgIpc) is 2.76. The van der Waals surface area contributed by atoms with E-state index in [0.717, 1.165) is 11.1 Å². The number of hydrogen-bond acceptors (Lipinski definition) is 6. The van der Waals surface area contributed by atoms with Gasteiger partial charge in [-0.3, -0.25) is 25.2 Å². The number of benzene rings is 2. The SMILES string of the molecule is Cc1cc(Cl)ccc1OCC(=O)NNC(=S)NC(=O)CCC(=O)OCCc1ccccc1. The van der Waals surface area contributed by atoms with Gasteiger partial charge in [-0.15, -0.1) is 0 Å². The average molecular weight is 478 g/mol. The predicted octanol–water partition coefficient (Wildman–Crippen LogP) is 2.62. The molecule has 0 saturated carbocycles. The van der Waals surface area contributed by atoms with Crippen molar-refractivity contribution in [2.24, 2.45) is 0 Å². The van der Waals surface area contributed by atoms with Crippen molar-refractivity contribution in [2.75, 3.05) is 13.2 Å². The molecule has 0 fully saturated rings. The number of carbonyl (C=O) groups excluding carboxylic acids is 3. The summed E-state index contributed by atoms with van der Waals surface area (Å²) >= 11 is 10.8. The Labute approximate surface area is 196 Å². The first kappa shape index (κ1) is 25.1. The quantitative estimate of drug-likeness (QED) is 0.289. The zero-order valence-corrected chi connectivity index (χ0v) is 19.1. The molecule has 2 amide bonds. The van der Waals surface area contributed by atoms with Crippen LogP contribution in [0.4, 0.5) is 0 Å². The number of halogens is 1. The van der Waals surface area contributed by atoms with Gasteiger partial charge in [0.2, 0.25) is 5.91 Å². The monoisotopic (exact) mass is 477 g/mol. The molecule has 0 aliphatic heterocycles. The van der Waals surface area contributed by atoms with Gasteiger partial charge in [0.1, 0.15) is 5.75 Å². The summed E-state index contributed by atoms with van der Waals surface area (Å²) in [5, 5.41) is 2.83. The minimum Gasteiger partial charge on any atom is -0.483 e. The lowest BCUT2D eigenvalue weighted by atomic mass is 10.2. The topological polar surface area (TPSA) is 106 Å². The van der Waals surface area contributed by atoms with Crippen LogP contribution < -0.4 is 20.9 Å². The fourth-order valence-corrected chi connectivity index (χ4v) is 2.91. The van der Waals surface area contributed by atoms with E-state index in [4.69, 9.17) is 33.3 Å². The highest BCUT2D eigenvalue weighted by molar-refractivity contribution is 7.80. The number of rotatable bonds is 9. The molecule has 170 valence electrons. The lowest BCUT2D eigenvalue weighted by molar-refractivity contribution is -0.144. The summed E-state index contributed by atoms with van der Waals surface area (Å²) in [6.07, 6.45) is 0.427. The molecule has 2 aromatic carbocycles. The Morgan fingerprint density at radius 3 is 2.47 bits per heavy atom. The van der Waals surface area contributed by atoms with Crippen molar-refractivity contribution in [3.8, 4) is 5.75 Å². The highest BCUT2D eigenvalue weighted by atomic mass is 35.5. The van der Waals surface area contributed by atoms with E-state index in [2.05, 4.69) is 16.2 Å². The van der Waals surface area contributed by atoms with Gasteiger partial charge in [0.15, 0.2) is 11.7 Å². The van der Waals surface area contributed by atoms with E-state index < -0.39 is 17.8 Å². The molecule has 0 spiro atoms. The predicted molar refractivity (Wildman–Crippen MR) is 124 cm³/mol. The summed E-state index contributed by atoms with van der Waals surface area (Å²) in [5.74, 6) is -0.934. The standard InChI is InChI=1S/C22H24ClN3O5S/c1-15-13-17(23)7-8-18(15)31-14-20(28)25-26-22(32)24-19(27)9-10-21(29)30-12-11-16-5-3-2-4-6-16/h2-8,13H,9-12,14H2,1H3,(H,25,28)(H2,24,26,27,32). The van der Waals surface area contributed by atoms with Gasteiger partial charge < -0.3 is 14.8 Å². The molecule has 0 aliphatic carbocycles. The highest BCUT2D eigenvalue weighted by Gasteiger charge is 2.11. The van der Waals surface area contributed by atoms with Crippen LogP contribution in [0.15, 0.2) is 48.5 Å². The number of esters is 1. The number of ether oxygens (including phenoxy) is 2. The molecule has 0 unspecified atom stereocenters. The van der Waals surface area contributed by atoms with Gasteiger partial charge in [-0.05, 0) is 48.5 Å². The second-order valence-electron chi connectivity index (χ2n) is 6.71. The maximum absolute atomic E-state index is 11.9. The molecule has 0 radical (unpaired) electrons. The first-order chi connectivity index (χ1) is 15.3. The molecule has 10 heteroatoms. The fourth-order valence-electron chi connectivity index (χ4n) is 2.52. The molecule has 0 aromatic heterocycles. The number of carbonyl (C=O) groups is 3. The number of hydrogen-bond donors (Lipinski definition) is 3. The summed E-state index contributed by atoms with van der Waals surface area (Å²) in [5.41, 5.74) is 6.56. The molecule has 2 aromatic rings. The Morgan fingerprint density at radius 2 is 1.75 bits per heavy atom. The molecule has 3 N–H and O–H groups in total. The van der Waals surface area contributed by atoms with Crippen molar-refractivity contribution in [2.45, 2.75) is 26.2 Å². The van der Waals surface area contributed by atoms with Crippen molar-refractivity contribution in [1.29, 1.82) is 0 Å². The van der Waals surface area contributed by atoms with Gasteiger partial charge in [-0.2, -0.15) is 0 Å². The van der Waals surface area contributed by atoms with Crippen molar-refractivity contribution >= 4 is 46.7 Å². The molecule has 8 nitrogen and oxygen atoms in total. The summed E-state index contributed by atoms with van der Waals surface area (Å²) in [6.45, 7) is 1.79. The number of thiocarbonyl (C=S) groups is 1. The van der Waals surface area contributed by atoms with Gasteiger partial charge in [0, 0.05) is 17.9 Å². The molecular formula is C22H24ClN3O5S. The Balaban J connectivity index is 1.57. The zero-order chi connectivity index (χ0) is 23.3. The van der Waals surface area contributed by atoms with Gasteiger partial charge in [-0.25, -0.2) is 0 Å². The van der Waals surface area contributed by atoms with E-state index in [-0.39, 0.29) is 31.2 Å². The van der Waals surface area contributed by atoms with E-state index >= 15 is 0 Å². The lowest BCUT2D eigenvalue weighted by Crippen LogP contribution is -2.49. The Morgan fingerprint density at radius 1 is 1.00 bits per heavy atom. The summed E-state index contributed by atoms with van der Waals surface area (Å²) in [6, 6.07) is 14.7. The van der Waals surface area contributed by atoms with Crippen LogP contribution in [0.2, 0.25) is 5.02 Å². The normalized spacial score (nSPS) is 10.1. The van der Waals surface area contributed by atoms with Crippen LogP contribution in [0.5, 0.6) is 5.75 Å². The maximum Gasteiger partial charge on any atom is 0.306 e. The Bertz CT molecular complexity index is 956. The van der Waals surface area contributed by atoms with E-state index in [0.29, 0.717) is 17.2 Å². The van der Waals surface area contributed by atoms with Crippen LogP contribution in [0.25, 0.3) is 0 Å². The van der Waals surface area contributed by atoms with Crippen molar-refractivity contribution in [3.63, 3.8) is 0 Å². The van der Waals surface area contributed by atoms with Crippen LogP contribution in [0.3, 0.4) is 0 Å². The number of nitrogens with one attached hydrogen (secondary N) is 3. The van der Waals surface area contributed by atoms with E-state index in [1.807, 2.05) is 30.3 Å². The molecule has 0 atom stereocenters. The van der Waals surface area contributed by atoms with E-state index in [9.17, 15) is 14.4 Å². The second kappa shape index (κ2) is 13.3. The van der Waals surface area contributed by atoms with Gasteiger partial charge >= 0.3 is 5.97 Å². The third-order valence-electron chi connectivity index (χ3n) is 4.12. The highest BCUT2D eigenvalue weighted by Crippen LogP contribution is 2.21. The van der Waals surface area contributed by atoms with E-state index in [1.54, 1.807) is 25.1 Å². The molecule has 0 aliphatic rings. The fraction of sp³-hybridized carbons (Fsp3) is 0.273. The van der Waals surface area contributed by atoms with Crippen molar-refractivity contribution in [3.05, 3.63) is 64.7 Å². The smallest absolute Gasteiger partial charge is 0.306 e. The number of aryl methyl sites for hydroxylation is 1. The first-order valence-corrected chi connectivity index (χ1v) is 10.6. The van der Waals surface area contributed by atoms with Crippen LogP contribution in [-0.4, -0.2) is 36.1 Å². The molecular weight excluding hydrogens is 454 g/mol. The van der Waals surface area contributed by atoms with Crippen molar-refractivity contribution < 1.29 is 23.9 Å². The Hall–Kier alpha value is -3.17. The van der Waals surface area contributed by atoms with Crippen LogP contribution in [0.1, 0.15) is 24.0 Å². The number of amides is 2. The zero-order valence-electron chi connectivity index (χ0n) is 17.5. The molecule has 2 rings (SSSR count). The maximum atomic E-state index is 11.9. The van der Waals surface area contributed by atoms with Crippen molar-refractivity contribution in [1.82, 2.24) is 16.2 Å². The first-order valence-electron chi connectivity index (χ1n) is 9.80. The molecule has 0 saturated heterocycles. The number of hydrazine groups is 1. The second-order valence-corrected chi connectivity index (χ2v) is 7.55. The van der Waals surface area contributed by atoms with Crippen LogP contribution >= 0.6 is 23.8 Å². The van der Waals surface area contributed by atoms with Crippen LogP contribution in [0, 0.1) is 6.92 Å². The van der Waals surface area contributed by atoms with Gasteiger partial charge in [0.05, 0.1) is 13.0 Å². The molecule has 0 bridgehead atoms. The molecule has 0 heterocycles. The summed E-state index contributed by atoms with van der Waals surface area (Å²) in [7, 11) is 0. The third kappa shape index (κ3) is 9.76. The summed E-state index contributed by atoms with van der Waals surface area (Å²) in [4.78, 5) is 35.5. The van der Waals surface area contributed by atoms with Gasteiger partial charge in [-0.1, -0.05) is 41.9 Å². The lowest BCUT2D eigenvalue weighted by Gasteiger charge is -2.12. The minimum absolute atomic E-state index is 0.0795. The van der Waals surface area contributed by atoms with E-state index in [1.165, 1.54) is 0 Å².